The van der Waals surface area contributed by atoms with Crippen molar-refractivity contribution in [3.05, 3.63) is 64.4 Å². The van der Waals surface area contributed by atoms with Crippen LogP contribution in [0.3, 0.4) is 0 Å². The molecule has 0 aromatic heterocycles. The molecule has 2 aromatic rings. The molecule has 0 N–H and O–H groups in total. The van der Waals surface area contributed by atoms with Gasteiger partial charge in [-0.2, -0.15) is 10.2 Å². The average Bonchev–Trinajstić information content (AvgIpc) is 3.29. The first-order chi connectivity index (χ1) is 16.2. The lowest BCUT2D eigenvalue weighted by atomic mass is 10.0. The number of likely N-dealkylation sites (N-methyl/N-ethyl adjacent to an activating group) is 2. The van der Waals surface area contributed by atoms with Gasteiger partial charge in [-0.15, -0.1) is 0 Å². The average molecular weight is 494 g/mol. The van der Waals surface area contributed by atoms with E-state index in [0.717, 1.165) is 0 Å². The van der Waals surface area contributed by atoms with E-state index in [9.17, 15) is 13.6 Å². The summed E-state index contributed by atoms with van der Waals surface area (Å²) in [5.74, 6) is -0.568. The molecule has 6 nitrogen and oxygen atoms in total. The number of carbonyl (C=O) groups excluding carboxylic acids is 1. The summed E-state index contributed by atoms with van der Waals surface area (Å²) in [6, 6.07) is 10.9. The summed E-state index contributed by atoms with van der Waals surface area (Å²) in [5.41, 5.74) is 1.13. The summed E-state index contributed by atoms with van der Waals surface area (Å²) >= 11 is 6.16. The monoisotopic (exact) mass is 493 g/mol. The molecule has 0 fully saturated rings. The fourth-order valence-electron chi connectivity index (χ4n) is 3.47. The molecule has 34 heavy (non-hydrogen) atoms. The first-order valence-corrected chi connectivity index (χ1v) is 11.2. The highest BCUT2D eigenvalue weighted by molar-refractivity contribution is 6.30. The molecule has 2 aromatic carbocycles. The van der Waals surface area contributed by atoms with Crippen LogP contribution < -0.4 is 4.90 Å². The number of anilines is 1. The minimum absolute atomic E-state index is 0.0327. The minimum atomic E-state index is -2.70. The number of amides is 2. The van der Waals surface area contributed by atoms with Crippen molar-refractivity contribution in [2.75, 3.05) is 38.6 Å². The molecule has 2 amide bonds. The van der Waals surface area contributed by atoms with Gasteiger partial charge in [-0.05, 0) is 45.3 Å². The summed E-state index contributed by atoms with van der Waals surface area (Å²) in [6.07, 6.45) is -2.82. The summed E-state index contributed by atoms with van der Waals surface area (Å²) in [6.45, 7) is 3.52. The van der Waals surface area contributed by atoms with Crippen molar-refractivity contribution in [1.29, 1.82) is 0 Å². The van der Waals surface area contributed by atoms with Crippen LogP contribution in [0.15, 0.2) is 52.7 Å². The molecule has 1 heterocycles. The maximum atomic E-state index is 15.1. The van der Waals surface area contributed by atoms with Gasteiger partial charge in [0, 0.05) is 47.9 Å². The van der Waals surface area contributed by atoms with Crippen molar-refractivity contribution >= 4 is 34.7 Å². The highest BCUT2D eigenvalue weighted by Gasteiger charge is 2.25. The summed E-state index contributed by atoms with van der Waals surface area (Å²) in [5, 5.41) is 7.70. The normalized spacial score (nSPS) is 13.3. The highest BCUT2D eigenvalue weighted by Crippen LogP contribution is 2.25. The Morgan fingerprint density at radius 1 is 1.12 bits per heavy atom. The SMILES string of the molecule is CCN(CCN(C)C)C(=O)N(Cc1ccc(C2=NN=C(C(F)F)C2)cc1F)c1cccc(Cl)c1. The van der Waals surface area contributed by atoms with Crippen molar-refractivity contribution < 1.29 is 18.0 Å². The Morgan fingerprint density at radius 3 is 2.47 bits per heavy atom. The van der Waals surface area contributed by atoms with Gasteiger partial charge in [-0.3, -0.25) is 4.90 Å². The minimum Gasteiger partial charge on any atom is -0.323 e. The lowest BCUT2D eigenvalue weighted by Crippen LogP contribution is -2.45. The van der Waals surface area contributed by atoms with Crippen LogP contribution in [0.4, 0.5) is 23.7 Å². The molecule has 0 radical (unpaired) electrons. The van der Waals surface area contributed by atoms with Gasteiger partial charge >= 0.3 is 6.03 Å². The summed E-state index contributed by atoms with van der Waals surface area (Å²) < 4.78 is 40.8. The van der Waals surface area contributed by atoms with Gasteiger partial charge in [0.05, 0.1) is 12.3 Å². The third-order valence-corrected chi connectivity index (χ3v) is 5.67. The van der Waals surface area contributed by atoms with Crippen LogP contribution in [0.25, 0.3) is 0 Å². The number of nitrogens with zero attached hydrogens (tertiary/aromatic N) is 5. The lowest BCUT2D eigenvalue weighted by molar-refractivity contribution is 0.201. The standard InChI is InChI=1S/C24H27ClF3N5O/c1-4-32(11-10-31(2)3)24(34)33(19-7-5-6-18(25)13-19)15-17-9-8-16(12-20(17)26)21-14-22(23(27)28)30-29-21/h5-9,12-13,23H,4,10-11,14-15H2,1-3H3. The zero-order valence-electron chi connectivity index (χ0n) is 19.3. The Balaban J connectivity index is 1.86. The third-order valence-electron chi connectivity index (χ3n) is 5.43. The second-order valence-corrected chi connectivity index (χ2v) is 8.59. The Labute approximate surface area is 202 Å². The van der Waals surface area contributed by atoms with Crippen molar-refractivity contribution in [1.82, 2.24) is 9.80 Å². The quantitative estimate of drug-likeness (QED) is 0.476. The van der Waals surface area contributed by atoms with Crippen LogP contribution in [-0.2, 0) is 6.54 Å². The van der Waals surface area contributed by atoms with Crippen LogP contribution in [-0.4, -0.2) is 67.4 Å². The van der Waals surface area contributed by atoms with E-state index >= 15 is 4.39 Å². The second kappa shape index (κ2) is 11.5. The lowest BCUT2D eigenvalue weighted by Gasteiger charge is -2.31. The Morgan fingerprint density at radius 2 is 1.88 bits per heavy atom. The molecule has 0 aliphatic carbocycles. The van der Waals surface area contributed by atoms with E-state index in [-0.39, 0.29) is 36.0 Å². The van der Waals surface area contributed by atoms with E-state index in [1.807, 2.05) is 25.9 Å². The zero-order chi connectivity index (χ0) is 24.8. The molecule has 0 saturated carbocycles. The van der Waals surface area contributed by atoms with Crippen LogP contribution in [0, 0.1) is 5.82 Å². The van der Waals surface area contributed by atoms with Gasteiger partial charge in [-0.25, -0.2) is 18.0 Å². The van der Waals surface area contributed by atoms with Crippen LogP contribution >= 0.6 is 11.6 Å². The fourth-order valence-corrected chi connectivity index (χ4v) is 3.65. The smallest absolute Gasteiger partial charge is 0.323 e. The molecule has 182 valence electrons. The maximum Gasteiger partial charge on any atom is 0.324 e. The van der Waals surface area contributed by atoms with Gasteiger partial charge in [0.25, 0.3) is 6.43 Å². The molecule has 10 heteroatoms. The van der Waals surface area contributed by atoms with Crippen molar-refractivity contribution in [2.45, 2.75) is 26.3 Å². The predicted octanol–water partition coefficient (Wildman–Crippen LogP) is 5.30. The maximum absolute atomic E-state index is 15.1. The van der Waals surface area contributed by atoms with Gasteiger partial charge in [-0.1, -0.05) is 29.8 Å². The first-order valence-electron chi connectivity index (χ1n) is 10.9. The molecule has 0 bridgehead atoms. The fraction of sp³-hybridized carbons (Fsp3) is 0.375. The predicted molar refractivity (Wildman–Crippen MR) is 130 cm³/mol. The third kappa shape index (κ3) is 6.36. The molecule has 0 atom stereocenters. The molecular formula is C24H27ClF3N5O. The number of hydrogen-bond acceptors (Lipinski definition) is 4. The number of alkyl halides is 2. The van der Waals surface area contributed by atoms with Crippen molar-refractivity contribution in [3.8, 4) is 0 Å². The second-order valence-electron chi connectivity index (χ2n) is 8.15. The van der Waals surface area contributed by atoms with E-state index in [4.69, 9.17) is 11.6 Å². The number of urea groups is 1. The Kier molecular flexibility index (Phi) is 8.68. The number of hydrogen-bond donors (Lipinski definition) is 0. The molecule has 3 rings (SSSR count). The Bertz CT molecular complexity index is 1090. The van der Waals surface area contributed by atoms with E-state index in [2.05, 4.69) is 10.2 Å². The van der Waals surface area contributed by atoms with Crippen LogP contribution in [0.2, 0.25) is 5.02 Å². The summed E-state index contributed by atoms with van der Waals surface area (Å²) in [4.78, 5) is 18.6. The summed E-state index contributed by atoms with van der Waals surface area (Å²) in [7, 11) is 3.85. The van der Waals surface area contributed by atoms with E-state index in [0.29, 0.717) is 35.9 Å². The number of carbonyl (C=O) groups is 1. The number of halogens is 4. The van der Waals surface area contributed by atoms with E-state index in [1.54, 1.807) is 35.2 Å². The van der Waals surface area contributed by atoms with Crippen LogP contribution in [0.5, 0.6) is 0 Å². The largest absolute Gasteiger partial charge is 0.324 e. The van der Waals surface area contributed by atoms with E-state index < -0.39 is 12.2 Å². The number of benzene rings is 2. The molecule has 1 aliphatic rings. The molecular weight excluding hydrogens is 467 g/mol. The van der Waals surface area contributed by atoms with Gasteiger partial charge in [0.15, 0.2) is 0 Å². The van der Waals surface area contributed by atoms with Gasteiger partial charge < -0.3 is 9.80 Å². The van der Waals surface area contributed by atoms with Crippen LogP contribution in [0.1, 0.15) is 24.5 Å². The molecule has 0 spiro atoms. The van der Waals surface area contributed by atoms with E-state index in [1.165, 1.54) is 17.0 Å². The molecule has 1 aliphatic heterocycles. The zero-order valence-corrected chi connectivity index (χ0v) is 20.1. The Hall–Kier alpha value is -2.91. The van der Waals surface area contributed by atoms with Gasteiger partial charge in [0.2, 0.25) is 0 Å². The highest BCUT2D eigenvalue weighted by atomic mass is 35.5. The molecule has 0 unspecified atom stereocenters. The topological polar surface area (TPSA) is 51.5 Å². The molecule has 0 saturated heterocycles. The van der Waals surface area contributed by atoms with Crippen molar-refractivity contribution in [2.24, 2.45) is 10.2 Å². The van der Waals surface area contributed by atoms with Gasteiger partial charge in [0.1, 0.15) is 11.5 Å². The van der Waals surface area contributed by atoms with Crippen molar-refractivity contribution in [3.63, 3.8) is 0 Å². The number of rotatable bonds is 9. The first kappa shape index (κ1) is 25.7.